The Morgan fingerprint density at radius 1 is 1.15 bits per heavy atom. The molecule has 0 unspecified atom stereocenters. The normalized spacial score (nSPS) is 21.8. The first-order valence-corrected chi connectivity index (χ1v) is 15.1. The molecule has 5 nitrogen and oxygen atoms in total. The Labute approximate surface area is 238 Å². The predicted molar refractivity (Wildman–Crippen MR) is 161 cm³/mol. The minimum absolute atomic E-state index is 0.0349. The lowest BCUT2D eigenvalue weighted by Crippen LogP contribution is -2.51. The predicted octanol–water partition coefficient (Wildman–Crippen LogP) is 6.63. The summed E-state index contributed by atoms with van der Waals surface area (Å²) < 4.78 is 0. The van der Waals surface area contributed by atoms with Crippen molar-refractivity contribution in [1.29, 1.82) is 5.26 Å². The smallest absolute Gasteiger partial charge is 0.195 e. The number of carbonyl (C=O) groups excluding carboxylic acids is 1. The second-order valence-corrected chi connectivity index (χ2v) is 12.5. The van der Waals surface area contributed by atoms with E-state index in [2.05, 4.69) is 66.1 Å². The number of rotatable bonds is 5. The summed E-state index contributed by atoms with van der Waals surface area (Å²) in [4.78, 5) is 22.8. The minimum atomic E-state index is -0.363. The van der Waals surface area contributed by atoms with Crippen molar-refractivity contribution in [2.45, 2.75) is 77.2 Å². The van der Waals surface area contributed by atoms with Crippen molar-refractivity contribution in [3.63, 3.8) is 0 Å². The Morgan fingerprint density at radius 2 is 1.88 bits per heavy atom. The van der Waals surface area contributed by atoms with Gasteiger partial charge in [0.1, 0.15) is 0 Å². The van der Waals surface area contributed by atoms with Gasteiger partial charge in [-0.1, -0.05) is 58.1 Å². The zero-order chi connectivity index (χ0) is 28.0. The molecule has 1 aliphatic heterocycles. The van der Waals surface area contributed by atoms with Gasteiger partial charge in [0, 0.05) is 77.0 Å². The highest BCUT2D eigenvalue weighted by atomic mass is 16.1. The summed E-state index contributed by atoms with van der Waals surface area (Å²) in [7, 11) is 0. The number of nitriles is 1. The molecule has 1 aromatic heterocycles. The highest BCUT2D eigenvalue weighted by Gasteiger charge is 2.40. The highest BCUT2D eigenvalue weighted by Crippen LogP contribution is 2.45. The van der Waals surface area contributed by atoms with Crippen LogP contribution in [0.15, 0.2) is 53.3 Å². The Balaban J connectivity index is 1.39. The van der Waals surface area contributed by atoms with Crippen LogP contribution in [0.1, 0.15) is 87.3 Å². The number of aromatic nitrogens is 1. The van der Waals surface area contributed by atoms with Gasteiger partial charge in [-0.05, 0) is 55.9 Å². The van der Waals surface area contributed by atoms with Gasteiger partial charge in [-0.2, -0.15) is 5.26 Å². The van der Waals surface area contributed by atoms with E-state index < -0.39 is 0 Å². The van der Waals surface area contributed by atoms with Crippen molar-refractivity contribution in [3.05, 3.63) is 70.1 Å². The summed E-state index contributed by atoms with van der Waals surface area (Å²) >= 11 is 0. The van der Waals surface area contributed by atoms with Gasteiger partial charge in [0.25, 0.3) is 0 Å². The standard InChI is InChI=1S/C35H40N4O/c1-5-30-29(33(40)32-28-15-13-25(22-36)20-31(28)37-34(32)35(30,3)4)21-26(14-12-24-8-6-9-24)23(2)38-16-18-39(19-17-38)27-10-7-11-27/h13,15,20-21,24,27,37H,2,5-11,16-19H2,1,3-4H3/b26-21-. The molecule has 3 aliphatic carbocycles. The molecule has 1 saturated heterocycles. The van der Waals surface area contributed by atoms with E-state index in [1.807, 2.05) is 12.1 Å². The van der Waals surface area contributed by atoms with Crippen molar-refractivity contribution in [1.82, 2.24) is 14.8 Å². The van der Waals surface area contributed by atoms with Crippen LogP contribution >= 0.6 is 0 Å². The van der Waals surface area contributed by atoms with E-state index in [0.29, 0.717) is 11.5 Å². The van der Waals surface area contributed by atoms with Crippen molar-refractivity contribution in [3.8, 4) is 17.9 Å². The minimum Gasteiger partial charge on any atom is -0.368 e. The first kappa shape index (κ1) is 26.7. The number of aromatic amines is 1. The number of hydrogen-bond acceptors (Lipinski definition) is 4. The van der Waals surface area contributed by atoms with Gasteiger partial charge in [-0.25, -0.2) is 0 Å². The molecule has 1 N–H and O–H groups in total. The van der Waals surface area contributed by atoms with Gasteiger partial charge >= 0.3 is 0 Å². The lowest BCUT2D eigenvalue weighted by atomic mass is 9.69. The summed E-state index contributed by atoms with van der Waals surface area (Å²) in [5, 5.41) is 10.3. The van der Waals surface area contributed by atoms with Crippen molar-refractivity contribution in [2.75, 3.05) is 26.2 Å². The number of nitrogens with zero attached hydrogens (tertiary/aromatic N) is 3. The van der Waals surface area contributed by atoms with Gasteiger partial charge in [-0.3, -0.25) is 9.69 Å². The molecular formula is C35H40N4O. The number of ketones is 1. The molecule has 1 aromatic carbocycles. The lowest BCUT2D eigenvalue weighted by Gasteiger charge is -2.44. The molecule has 206 valence electrons. The second-order valence-electron chi connectivity index (χ2n) is 12.5. The Bertz CT molecular complexity index is 1530. The summed E-state index contributed by atoms with van der Waals surface area (Å²) in [5.74, 6) is 7.50. The van der Waals surface area contributed by atoms with E-state index >= 15 is 0 Å². The molecule has 0 bridgehead atoms. The third kappa shape index (κ3) is 4.51. The molecule has 0 atom stereocenters. The fourth-order valence-corrected chi connectivity index (χ4v) is 6.86. The van der Waals surface area contributed by atoms with Crippen LogP contribution in [0.5, 0.6) is 0 Å². The zero-order valence-corrected chi connectivity index (χ0v) is 24.2. The summed E-state index contributed by atoms with van der Waals surface area (Å²) in [5.41, 5.74) is 6.40. The van der Waals surface area contributed by atoms with E-state index in [4.69, 9.17) is 0 Å². The average Bonchev–Trinajstić information content (AvgIpc) is 3.29. The molecule has 4 aliphatic rings. The van der Waals surface area contributed by atoms with Gasteiger partial charge in [0.2, 0.25) is 0 Å². The number of hydrogen-bond donors (Lipinski definition) is 1. The number of piperazine rings is 1. The number of benzene rings is 1. The average molecular weight is 533 g/mol. The fraction of sp³-hybridized carbons (Fsp3) is 0.486. The van der Waals surface area contributed by atoms with Crippen LogP contribution in [-0.2, 0) is 5.41 Å². The van der Waals surface area contributed by atoms with E-state index in [9.17, 15) is 10.1 Å². The van der Waals surface area contributed by atoms with Gasteiger partial charge < -0.3 is 9.88 Å². The number of Topliss-reactive ketones (excluding diaryl/α,β-unsaturated/α-hetero) is 1. The fourth-order valence-electron chi connectivity index (χ4n) is 6.86. The Kier molecular flexibility index (Phi) is 6.97. The molecule has 3 fully saturated rings. The maximum atomic E-state index is 14.3. The SMILES string of the molecule is C=C(/C(C#CC1CCC1)=C\C1=C(CC)C(C)(C)c2[nH]c3cc(C#N)ccc3c2C1=O)N1CCN(C2CCC2)CC1. The van der Waals surface area contributed by atoms with Crippen LogP contribution in [-0.4, -0.2) is 52.8 Å². The first-order valence-electron chi connectivity index (χ1n) is 15.1. The number of H-pyrrole nitrogens is 1. The van der Waals surface area contributed by atoms with Crippen LogP contribution in [0.25, 0.3) is 10.9 Å². The molecule has 5 heteroatoms. The largest absolute Gasteiger partial charge is 0.368 e. The molecule has 6 rings (SSSR count). The van der Waals surface area contributed by atoms with E-state index in [1.54, 1.807) is 6.07 Å². The van der Waals surface area contributed by atoms with Gasteiger partial charge in [0.15, 0.2) is 5.78 Å². The van der Waals surface area contributed by atoms with E-state index in [-0.39, 0.29) is 11.2 Å². The zero-order valence-electron chi connectivity index (χ0n) is 24.2. The number of allylic oxidation sites excluding steroid dienone is 4. The summed E-state index contributed by atoms with van der Waals surface area (Å²) in [6.07, 6.45) is 10.4. The molecule has 2 saturated carbocycles. The highest BCUT2D eigenvalue weighted by molar-refractivity contribution is 6.20. The Hall–Kier alpha value is -3.54. The molecule has 2 aromatic rings. The van der Waals surface area contributed by atoms with Crippen molar-refractivity contribution < 1.29 is 4.79 Å². The first-order chi connectivity index (χ1) is 19.3. The molecular weight excluding hydrogens is 492 g/mol. The number of carbonyl (C=O) groups is 1. The molecule has 0 spiro atoms. The molecule has 40 heavy (non-hydrogen) atoms. The quantitative estimate of drug-likeness (QED) is 0.347. The van der Waals surface area contributed by atoms with E-state index in [0.717, 1.165) is 96.1 Å². The van der Waals surface area contributed by atoms with Crippen LogP contribution in [0, 0.1) is 29.1 Å². The third-order valence-electron chi connectivity index (χ3n) is 9.86. The second kappa shape index (κ2) is 10.5. The van der Waals surface area contributed by atoms with Crippen LogP contribution in [0.4, 0.5) is 0 Å². The van der Waals surface area contributed by atoms with Crippen LogP contribution in [0.2, 0.25) is 0 Å². The maximum Gasteiger partial charge on any atom is 0.195 e. The molecule has 2 heterocycles. The monoisotopic (exact) mass is 532 g/mol. The van der Waals surface area contributed by atoms with Crippen LogP contribution < -0.4 is 0 Å². The van der Waals surface area contributed by atoms with Crippen molar-refractivity contribution >= 4 is 16.7 Å². The van der Waals surface area contributed by atoms with Crippen molar-refractivity contribution in [2.24, 2.45) is 5.92 Å². The van der Waals surface area contributed by atoms with Crippen LogP contribution in [0.3, 0.4) is 0 Å². The summed E-state index contributed by atoms with van der Waals surface area (Å²) in [6, 6.07) is 8.54. The molecule has 0 amide bonds. The van der Waals surface area contributed by atoms with Gasteiger partial charge in [-0.15, -0.1) is 0 Å². The number of fused-ring (bicyclic) bond motifs is 3. The maximum absolute atomic E-state index is 14.3. The third-order valence-corrected chi connectivity index (χ3v) is 9.86. The Morgan fingerprint density at radius 3 is 2.48 bits per heavy atom. The van der Waals surface area contributed by atoms with E-state index in [1.165, 1.54) is 25.7 Å². The summed E-state index contributed by atoms with van der Waals surface area (Å²) in [6.45, 7) is 15.1. The topological polar surface area (TPSA) is 63.1 Å². The van der Waals surface area contributed by atoms with Gasteiger partial charge in [0.05, 0.1) is 17.2 Å². The lowest BCUT2D eigenvalue weighted by molar-refractivity contribution is 0.0758. The number of nitrogens with one attached hydrogen (secondary N) is 1. The molecule has 0 radical (unpaired) electrons.